The zero-order valence-corrected chi connectivity index (χ0v) is 18.7. The number of ether oxygens (including phenoxy) is 2. The van der Waals surface area contributed by atoms with Crippen molar-refractivity contribution in [3.8, 4) is 11.5 Å². The highest BCUT2D eigenvalue weighted by molar-refractivity contribution is 6.35. The van der Waals surface area contributed by atoms with Gasteiger partial charge in [0, 0.05) is 45.6 Å². The van der Waals surface area contributed by atoms with Crippen molar-refractivity contribution in [2.24, 2.45) is 5.92 Å². The van der Waals surface area contributed by atoms with Gasteiger partial charge in [0.1, 0.15) is 24.4 Å². The average molecular weight is 448 g/mol. The Hall–Kier alpha value is -1.75. The van der Waals surface area contributed by atoms with E-state index in [1.54, 1.807) is 0 Å². The number of rotatable bonds is 7. The van der Waals surface area contributed by atoms with Gasteiger partial charge in [0.2, 0.25) is 0 Å². The highest BCUT2D eigenvalue weighted by Gasteiger charge is 2.43. The Morgan fingerprint density at radius 1 is 1.20 bits per heavy atom. The summed E-state index contributed by atoms with van der Waals surface area (Å²) in [5.74, 6) is 2.08. The number of likely N-dealkylation sites (tertiary alicyclic amines) is 1. The lowest BCUT2D eigenvalue weighted by Gasteiger charge is -2.39. The molecule has 160 valence electrons. The Bertz CT molecular complexity index is 889. The summed E-state index contributed by atoms with van der Waals surface area (Å²) < 4.78 is 12.0. The Labute approximate surface area is 188 Å². The zero-order chi connectivity index (χ0) is 21.1. The second-order valence-corrected chi connectivity index (χ2v) is 9.34. The van der Waals surface area contributed by atoms with E-state index >= 15 is 0 Å². The van der Waals surface area contributed by atoms with Gasteiger partial charge in [-0.3, -0.25) is 0 Å². The van der Waals surface area contributed by atoms with Gasteiger partial charge in [0.25, 0.3) is 0 Å². The molecule has 0 aliphatic carbocycles. The Kier molecular flexibility index (Phi) is 6.57. The molecule has 4 nitrogen and oxygen atoms in total. The van der Waals surface area contributed by atoms with Gasteiger partial charge in [-0.15, -0.1) is 0 Å². The third-order valence-corrected chi connectivity index (χ3v) is 7.06. The summed E-state index contributed by atoms with van der Waals surface area (Å²) in [5.41, 5.74) is 2.16. The van der Waals surface area contributed by atoms with Crippen LogP contribution >= 0.6 is 23.2 Å². The van der Waals surface area contributed by atoms with Gasteiger partial charge in [-0.2, -0.15) is 0 Å². The van der Waals surface area contributed by atoms with Gasteiger partial charge in [0.05, 0.1) is 6.61 Å². The van der Waals surface area contributed by atoms with E-state index in [1.165, 1.54) is 5.56 Å². The van der Waals surface area contributed by atoms with Crippen molar-refractivity contribution >= 4 is 29.5 Å². The maximum atomic E-state index is 10.7. The van der Waals surface area contributed by atoms with E-state index in [4.69, 9.17) is 32.7 Å². The lowest BCUT2D eigenvalue weighted by atomic mass is 9.74. The van der Waals surface area contributed by atoms with Crippen LogP contribution in [0.4, 0.5) is 0 Å². The number of fused-ring (bicyclic) bond motifs is 2. The first kappa shape index (κ1) is 21.5. The zero-order valence-electron chi connectivity index (χ0n) is 17.2. The molecule has 1 atom stereocenters. The van der Waals surface area contributed by atoms with Crippen molar-refractivity contribution in [1.29, 1.82) is 0 Å². The molecule has 0 radical (unpaired) electrons. The molecule has 2 heterocycles. The van der Waals surface area contributed by atoms with Gasteiger partial charge >= 0.3 is 0 Å². The number of hydrogen-bond donors (Lipinski definition) is 0. The number of nitrogens with zero attached hydrogens (tertiary/aromatic N) is 1. The van der Waals surface area contributed by atoms with Crippen molar-refractivity contribution < 1.29 is 14.3 Å². The first-order valence-electron chi connectivity index (χ1n) is 10.5. The molecule has 2 aromatic rings. The van der Waals surface area contributed by atoms with Crippen molar-refractivity contribution in [3.63, 3.8) is 0 Å². The molecule has 2 aliphatic heterocycles. The van der Waals surface area contributed by atoms with Crippen LogP contribution in [0.1, 0.15) is 37.3 Å². The predicted molar refractivity (Wildman–Crippen MR) is 120 cm³/mol. The molecule has 30 heavy (non-hydrogen) atoms. The van der Waals surface area contributed by atoms with Crippen LogP contribution < -0.4 is 9.47 Å². The molecule has 0 amide bonds. The summed E-state index contributed by atoms with van der Waals surface area (Å²) in [6.07, 6.45) is 3.80. The molecule has 0 saturated carbocycles. The quantitative estimate of drug-likeness (QED) is 0.523. The van der Waals surface area contributed by atoms with Crippen molar-refractivity contribution in [2.75, 3.05) is 26.2 Å². The van der Waals surface area contributed by atoms with Crippen LogP contribution in [-0.4, -0.2) is 37.4 Å². The van der Waals surface area contributed by atoms with Crippen LogP contribution in [-0.2, 0) is 16.8 Å². The van der Waals surface area contributed by atoms with Crippen LogP contribution in [0.5, 0.6) is 11.5 Å². The number of carbonyl (C=O) groups excluding carboxylic acids is 1. The molecule has 1 unspecified atom stereocenters. The van der Waals surface area contributed by atoms with Crippen molar-refractivity contribution in [3.05, 3.63) is 57.6 Å². The number of benzene rings is 2. The minimum absolute atomic E-state index is 0.0876. The number of aldehydes is 1. The number of carbonyl (C=O) groups is 1. The van der Waals surface area contributed by atoms with Crippen molar-refractivity contribution in [2.45, 2.75) is 38.2 Å². The van der Waals surface area contributed by atoms with Gasteiger partial charge in [-0.25, -0.2) is 0 Å². The number of halogens is 2. The molecule has 0 bridgehead atoms. The fourth-order valence-corrected chi connectivity index (χ4v) is 5.03. The molecule has 1 saturated heterocycles. The van der Waals surface area contributed by atoms with Crippen LogP contribution in [0.25, 0.3) is 0 Å². The van der Waals surface area contributed by atoms with E-state index < -0.39 is 0 Å². The Morgan fingerprint density at radius 3 is 2.63 bits per heavy atom. The SMILES string of the molecule is CC(CC=O)CN1CCC2(CC1)COc1cc(OCc3c(Cl)cccc3Cl)ccc12. The minimum atomic E-state index is 0.0876. The summed E-state index contributed by atoms with van der Waals surface area (Å²) in [6.45, 7) is 6.24. The maximum Gasteiger partial charge on any atom is 0.126 e. The normalized spacial score (nSPS) is 18.6. The smallest absolute Gasteiger partial charge is 0.126 e. The van der Waals surface area contributed by atoms with Crippen LogP contribution in [0.2, 0.25) is 10.0 Å². The molecular weight excluding hydrogens is 421 g/mol. The molecule has 2 aliphatic rings. The van der Waals surface area contributed by atoms with Gasteiger partial charge < -0.3 is 19.2 Å². The van der Waals surface area contributed by atoms with Crippen LogP contribution in [0.3, 0.4) is 0 Å². The highest BCUT2D eigenvalue weighted by atomic mass is 35.5. The van der Waals surface area contributed by atoms with Gasteiger partial charge in [-0.1, -0.05) is 42.3 Å². The molecule has 1 spiro atoms. The van der Waals surface area contributed by atoms with Gasteiger partial charge in [0.15, 0.2) is 0 Å². The minimum Gasteiger partial charge on any atom is -0.492 e. The highest BCUT2D eigenvalue weighted by Crippen LogP contribution is 2.46. The molecule has 2 aromatic carbocycles. The molecule has 0 N–H and O–H groups in total. The van der Waals surface area contributed by atoms with Gasteiger partial charge in [-0.05, 0) is 50.0 Å². The summed E-state index contributed by atoms with van der Waals surface area (Å²) in [7, 11) is 0. The van der Waals surface area contributed by atoms with E-state index in [2.05, 4.69) is 17.9 Å². The van der Waals surface area contributed by atoms with E-state index in [-0.39, 0.29) is 5.41 Å². The number of piperidine rings is 1. The third kappa shape index (κ3) is 4.46. The fraction of sp³-hybridized carbons (Fsp3) is 0.458. The first-order chi connectivity index (χ1) is 14.5. The molecule has 1 fully saturated rings. The predicted octanol–water partition coefficient (Wildman–Crippen LogP) is 5.52. The van der Waals surface area contributed by atoms with E-state index in [1.807, 2.05) is 30.3 Å². The lowest BCUT2D eigenvalue weighted by Crippen LogP contribution is -2.44. The molecular formula is C24H27Cl2NO3. The van der Waals surface area contributed by atoms with Crippen molar-refractivity contribution in [1.82, 2.24) is 4.90 Å². The third-order valence-electron chi connectivity index (χ3n) is 6.35. The largest absolute Gasteiger partial charge is 0.492 e. The fourth-order valence-electron chi connectivity index (χ4n) is 4.53. The second kappa shape index (κ2) is 9.17. The average Bonchev–Trinajstić information content (AvgIpc) is 3.07. The second-order valence-electron chi connectivity index (χ2n) is 8.52. The Morgan fingerprint density at radius 2 is 1.93 bits per heavy atom. The van der Waals surface area contributed by atoms with E-state index in [0.29, 0.717) is 29.0 Å². The topological polar surface area (TPSA) is 38.8 Å². The molecule has 0 aromatic heterocycles. The van der Waals surface area contributed by atoms with Crippen LogP contribution in [0, 0.1) is 5.92 Å². The molecule has 6 heteroatoms. The number of hydrogen-bond acceptors (Lipinski definition) is 4. The summed E-state index contributed by atoms with van der Waals surface area (Å²) in [4.78, 5) is 13.2. The molecule has 4 rings (SSSR count). The summed E-state index contributed by atoms with van der Waals surface area (Å²) >= 11 is 12.5. The monoisotopic (exact) mass is 447 g/mol. The Balaban J connectivity index is 1.40. The summed E-state index contributed by atoms with van der Waals surface area (Å²) in [5, 5.41) is 1.21. The standard InChI is InChI=1S/C24H27Cl2NO3/c1-17(7-12-28)14-27-10-8-24(9-11-27)16-30-23-13-18(5-6-20(23)24)29-15-19-21(25)3-2-4-22(19)26/h2-6,12-13,17H,7-11,14-16H2,1H3. The van der Waals surface area contributed by atoms with E-state index in [0.717, 1.165) is 62.4 Å². The maximum absolute atomic E-state index is 10.7. The van der Waals surface area contributed by atoms with Crippen LogP contribution in [0.15, 0.2) is 36.4 Å². The first-order valence-corrected chi connectivity index (χ1v) is 11.3. The lowest BCUT2D eigenvalue weighted by molar-refractivity contribution is -0.108. The van der Waals surface area contributed by atoms with E-state index in [9.17, 15) is 4.79 Å². The summed E-state index contributed by atoms with van der Waals surface area (Å²) in [6, 6.07) is 11.6.